The summed E-state index contributed by atoms with van der Waals surface area (Å²) in [6, 6.07) is 4.85. The minimum absolute atomic E-state index is 0.270. The molecule has 0 saturated heterocycles. The van der Waals surface area contributed by atoms with Crippen molar-refractivity contribution < 1.29 is 14.2 Å². The van der Waals surface area contributed by atoms with Crippen LogP contribution in [0.3, 0.4) is 0 Å². The van der Waals surface area contributed by atoms with Crippen molar-refractivity contribution in [2.75, 3.05) is 13.7 Å². The third kappa shape index (κ3) is 4.71. The van der Waals surface area contributed by atoms with Crippen molar-refractivity contribution in [3.63, 3.8) is 0 Å². The predicted molar refractivity (Wildman–Crippen MR) is 65.6 cm³/mol. The Labute approximate surface area is 102 Å². The predicted octanol–water partition coefficient (Wildman–Crippen LogP) is 2.08. The molecular weight excluding hydrogens is 221 g/mol. The summed E-state index contributed by atoms with van der Waals surface area (Å²) in [6.07, 6.45) is 0.459. The number of aliphatic hydroxyl groups is 1. The molecule has 0 heterocycles. The maximum Gasteiger partial charge on any atom is 0.165 e. The molecule has 0 radical (unpaired) electrons. The molecule has 0 aliphatic carbocycles. The van der Waals surface area contributed by atoms with E-state index in [1.54, 1.807) is 27.0 Å². The zero-order valence-electron chi connectivity index (χ0n) is 10.6. The lowest BCUT2D eigenvalue weighted by molar-refractivity contribution is 0.0545. The van der Waals surface area contributed by atoms with E-state index < -0.39 is 5.60 Å². The average molecular weight is 241 g/mol. The third-order valence-electron chi connectivity index (χ3n) is 2.38. The summed E-state index contributed by atoms with van der Waals surface area (Å²) in [5, 5.41) is 12.5. The molecule has 0 amide bonds. The molecule has 0 aromatic heterocycles. The van der Waals surface area contributed by atoms with Crippen LogP contribution in [-0.2, 0) is 6.54 Å². The fraction of sp³-hybridized carbons (Fsp3) is 0.538. The number of hydrogen-bond donors (Lipinski definition) is 2. The Morgan fingerprint density at radius 3 is 2.71 bits per heavy atom. The van der Waals surface area contributed by atoms with E-state index in [1.165, 1.54) is 6.07 Å². The number of nitrogens with one attached hydrogen (secondary N) is 1. The lowest BCUT2D eigenvalue weighted by atomic mass is 10.1. The molecule has 0 atom stereocenters. The monoisotopic (exact) mass is 241 g/mol. The van der Waals surface area contributed by atoms with Crippen molar-refractivity contribution in [1.29, 1.82) is 0 Å². The van der Waals surface area contributed by atoms with Crippen LogP contribution in [-0.4, -0.2) is 24.4 Å². The van der Waals surface area contributed by atoms with Gasteiger partial charge in [0, 0.05) is 18.5 Å². The van der Waals surface area contributed by atoms with Gasteiger partial charge in [0.05, 0.1) is 12.2 Å². The number of halogens is 1. The van der Waals surface area contributed by atoms with Crippen molar-refractivity contribution in [2.45, 2.75) is 32.4 Å². The normalized spacial score (nSPS) is 11.6. The molecule has 0 spiro atoms. The molecule has 0 aliphatic rings. The van der Waals surface area contributed by atoms with E-state index in [1.807, 2.05) is 6.07 Å². The zero-order chi connectivity index (χ0) is 12.9. The summed E-state index contributed by atoms with van der Waals surface area (Å²) in [6.45, 7) is 4.25. The molecule has 4 heteroatoms. The highest BCUT2D eigenvalue weighted by Gasteiger charge is 2.14. The maximum absolute atomic E-state index is 13.6. The van der Waals surface area contributed by atoms with Crippen LogP contribution in [0.5, 0.6) is 5.75 Å². The van der Waals surface area contributed by atoms with Crippen molar-refractivity contribution >= 4 is 0 Å². The Balaban J connectivity index is 2.68. The highest BCUT2D eigenvalue weighted by molar-refractivity contribution is 5.34. The Morgan fingerprint density at radius 2 is 2.12 bits per heavy atom. The van der Waals surface area contributed by atoms with E-state index in [0.717, 1.165) is 5.56 Å². The van der Waals surface area contributed by atoms with Crippen LogP contribution in [0.25, 0.3) is 0 Å². The van der Waals surface area contributed by atoms with Gasteiger partial charge < -0.3 is 15.2 Å². The van der Waals surface area contributed by atoms with Crippen LogP contribution in [0.4, 0.5) is 4.39 Å². The molecule has 2 N–H and O–H groups in total. The summed E-state index contributed by atoms with van der Waals surface area (Å²) >= 11 is 0. The average Bonchev–Trinajstić information content (AvgIpc) is 2.21. The Bertz CT molecular complexity index is 361. The Hall–Kier alpha value is -1.13. The van der Waals surface area contributed by atoms with Gasteiger partial charge in [-0.15, -0.1) is 0 Å². The topological polar surface area (TPSA) is 41.5 Å². The van der Waals surface area contributed by atoms with Crippen LogP contribution < -0.4 is 10.1 Å². The van der Waals surface area contributed by atoms with Gasteiger partial charge in [-0.3, -0.25) is 0 Å². The lowest BCUT2D eigenvalue weighted by Crippen LogP contribution is -2.22. The van der Waals surface area contributed by atoms with Crippen LogP contribution >= 0.6 is 0 Å². The van der Waals surface area contributed by atoms with E-state index in [0.29, 0.717) is 19.6 Å². The first-order chi connectivity index (χ1) is 7.94. The fourth-order valence-corrected chi connectivity index (χ4v) is 1.45. The second kappa shape index (κ2) is 5.98. The van der Waals surface area contributed by atoms with Crippen LogP contribution in [0, 0.1) is 5.82 Å². The second-order valence-corrected chi connectivity index (χ2v) is 4.67. The molecule has 0 saturated carbocycles. The van der Waals surface area contributed by atoms with E-state index in [-0.39, 0.29) is 11.6 Å². The Morgan fingerprint density at radius 1 is 1.41 bits per heavy atom. The van der Waals surface area contributed by atoms with Crippen molar-refractivity contribution in [3.8, 4) is 5.75 Å². The third-order valence-corrected chi connectivity index (χ3v) is 2.38. The standard InChI is InChI=1S/C13H20FNO2/c1-13(2,16)7-8-17-12-10(9-15-3)5-4-6-11(12)14/h4-6,15-16H,7-9H2,1-3H3. The number of para-hydroxylation sites is 1. The van der Waals surface area contributed by atoms with Gasteiger partial charge in [0.25, 0.3) is 0 Å². The molecule has 96 valence electrons. The van der Waals surface area contributed by atoms with Gasteiger partial charge >= 0.3 is 0 Å². The molecular formula is C13H20FNO2. The fourth-order valence-electron chi connectivity index (χ4n) is 1.45. The lowest BCUT2D eigenvalue weighted by Gasteiger charge is -2.18. The number of benzene rings is 1. The largest absolute Gasteiger partial charge is 0.490 e. The van der Waals surface area contributed by atoms with Crippen molar-refractivity contribution in [2.24, 2.45) is 0 Å². The van der Waals surface area contributed by atoms with Gasteiger partial charge in [-0.2, -0.15) is 0 Å². The van der Waals surface area contributed by atoms with Gasteiger partial charge in [0.15, 0.2) is 11.6 Å². The van der Waals surface area contributed by atoms with Crippen molar-refractivity contribution in [1.82, 2.24) is 5.32 Å². The summed E-state index contributed by atoms with van der Waals surface area (Å²) < 4.78 is 19.0. The number of hydrogen-bond acceptors (Lipinski definition) is 3. The first-order valence-electron chi connectivity index (χ1n) is 5.71. The second-order valence-electron chi connectivity index (χ2n) is 4.67. The van der Waals surface area contributed by atoms with Gasteiger partial charge in [-0.05, 0) is 27.0 Å². The van der Waals surface area contributed by atoms with Gasteiger partial charge in [0.2, 0.25) is 0 Å². The van der Waals surface area contributed by atoms with Crippen LogP contribution in [0.2, 0.25) is 0 Å². The summed E-state index contributed by atoms with van der Waals surface area (Å²) in [5.74, 6) is -0.0976. The van der Waals surface area contributed by atoms with Crippen LogP contribution in [0.1, 0.15) is 25.8 Å². The first-order valence-corrected chi connectivity index (χ1v) is 5.71. The highest BCUT2D eigenvalue weighted by atomic mass is 19.1. The summed E-state index contributed by atoms with van der Waals surface area (Å²) in [4.78, 5) is 0. The maximum atomic E-state index is 13.6. The SMILES string of the molecule is CNCc1cccc(F)c1OCCC(C)(C)O. The molecule has 3 nitrogen and oxygen atoms in total. The molecule has 0 unspecified atom stereocenters. The van der Waals surface area contributed by atoms with E-state index in [9.17, 15) is 9.50 Å². The van der Waals surface area contributed by atoms with Gasteiger partial charge in [0.1, 0.15) is 0 Å². The summed E-state index contributed by atoms with van der Waals surface area (Å²) in [7, 11) is 1.80. The van der Waals surface area contributed by atoms with Crippen LogP contribution in [0.15, 0.2) is 18.2 Å². The Kier molecular flexibility index (Phi) is 4.90. The number of rotatable bonds is 6. The molecule has 0 aliphatic heterocycles. The number of ether oxygens (including phenoxy) is 1. The van der Waals surface area contributed by atoms with E-state index >= 15 is 0 Å². The molecule has 1 rings (SSSR count). The van der Waals surface area contributed by atoms with Gasteiger partial charge in [-0.1, -0.05) is 12.1 Å². The minimum atomic E-state index is -0.797. The minimum Gasteiger partial charge on any atom is -0.490 e. The highest BCUT2D eigenvalue weighted by Crippen LogP contribution is 2.23. The smallest absolute Gasteiger partial charge is 0.165 e. The first kappa shape index (κ1) is 13.9. The molecule has 0 fully saturated rings. The van der Waals surface area contributed by atoms with Gasteiger partial charge in [-0.25, -0.2) is 4.39 Å². The molecule has 0 bridgehead atoms. The summed E-state index contributed by atoms with van der Waals surface area (Å²) in [5.41, 5.74) is -0.0164. The zero-order valence-corrected chi connectivity index (χ0v) is 10.6. The molecule has 1 aromatic rings. The molecule has 1 aromatic carbocycles. The van der Waals surface area contributed by atoms with E-state index in [2.05, 4.69) is 5.32 Å². The molecule has 17 heavy (non-hydrogen) atoms. The van der Waals surface area contributed by atoms with Crippen molar-refractivity contribution in [3.05, 3.63) is 29.6 Å². The quantitative estimate of drug-likeness (QED) is 0.801. The van der Waals surface area contributed by atoms with E-state index in [4.69, 9.17) is 4.74 Å².